The summed E-state index contributed by atoms with van der Waals surface area (Å²) < 4.78 is 49.4. The van der Waals surface area contributed by atoms with Gasteiger partial charge in [-0.05, 0) is 12.1 Å². The molecule has 0 atom stereocenters. The quantitative estimate of drug-likeness (QED) is 0.651. The number of aromatic carboxylic acids is 1. The van der Waals surface area contributed by atoms with Crippen LogP contribution in [0, 0.1) is 24.0 Å². The van der Waals surface area contributed by atoms with E-state index in [1.165, 1.54) is 0 Å². The van der Waals surface area contributed by atoms with Crippen LogP contribution in [0.4, 0.5) is 8.78 Å². The van der Waals surface area contributed by atoms with Crippen LogP contribution >= 0.6 is 0 Å². The van der Waals surface area contributed by atoms with E-state index in [0.717, 1.165) is 0 Å². The molecule has 1 N–H and O–H groups in total. The van der Waals surface area contributed by atoms with Crippen molar-refractivity contribution in [1.29, 1.82) is 0 Å². The van der Waals surface area contributed by atoms with Crippen LogP contribution in [0.5, 0.6) is 0 Å². The molecule has 90 valence electrons. The highest BCUT2D eigenvalue weighted by Crippen LogP contribution is 2.21. The van der Waals surface area contributed by atoms with Crippen LogP contribution in [0.15, 0.2) is 17.0 Å². The van der Waals surface area contributed by atoms with Gasteiger partial charge in [-0.3, -0.25) is 0 Å². The smallest absolute Gasteiger partial charge is 0.341 e. The Morgan fingerprint density at radius 2 is 2.00 bits per heavy atom. The van der Waals surface area contributed by atoms with Crippen molar-refractivity contribution in [2.75, 3.05) is 5.75 Å². The van der Waals surface area contributed by atoms with Gasteiger partial charge in [0.25, 0.3) is 0 Å². The molecular formula is C10H6F2O4S. The molecule has 0 spiro atoms. The van der Waals surface area contributed by atoms with Gasteiger partial charge in [-0.15, -0.1) is 6.42 Å². The van der Waals surface area contributed by atoms with Crippen LogP contribution in [-0.4, -0.2) is 25.2 Å². The van der Waals surface area contributed by atoms with Crippen LogP contribution < -0.4 is 0 Å². The predicted molar refractivity (Wildman–Crippen MR) is 54.2 cm³/mol. The second-order valence-corrected chi connectivity index (χ2v) is 4.96. The Morgan fingerprint density at radius 1 is 1.41 bits per heavy atom. The fraction of sp³-hybridized carbons (Fsp3) is 0.100. The summed E-state index contributed by atoms with van der Waals surface area (Å²) in [7, 11) is -4.15. The SMILES string of the molecule is C#CCS(=O)(=O)c1ccc(F)c(C(=O)O)c1F. The number of hydrogen-bond donors (Lipinski definition) is 1. The summed E-state index contributed by atoms with van der Waals surface area (Å²) >= 11 is 0. The molecule has 0 aliphatic rings. The number of sulfone groups is 1. The van der Waals surface area contributed by atoms with E-state index < -0.39 is 43.7 Å². The maximum atomic E-state index is 13.5. The van der Waals surface area contributed by atoms with Crippen LogP contribution in [0.1, 0.15) is 10.4 Å². The normalized spacial score (nSPS) is 10.9. The lowest BCUT2D eigenvalue weighted by atomic mass is 10.2. The lowest BCUT2D eigenvalue weighted by molar-refractivity contribution is 0.0685. The van der Waals surface area contributed by atoms with Gasteiger partial charge in [0.1, 0.15) is 22.0 Å². The Hall–Kier alpha value is -1.94. The maximum absolute atomic E-state index is 13.5. The standard InChI is InChI=1S/C10H6F2O4S/c1-2-5-17(15,16)7-4-3-6(11)8(9(7)12)10(13)14/h1,3-4H,5H2,(H,13,14). The number of carbonyl (C=O) groups is 1. The maximum Gasteiger partial charge on any atom is 0.341 e. The number of benzene rings is 1. The Bertz CT molecular complexity index is 614. The molecule has 1 aromatic carbocycles. The Balaban J connectivity index is 3.56. The van der Waals surface area contributed by atoms with Crippen molar-refractivity contribution in [2.45, 2.75) is 4.90 Å². The zero-order valence-corrected chi connectivity index (χ0v) is 9.09. The van der Waals surface area contributed by atoms with Gasteiger partial charge in [0.05, 0.1) is 0 Å². The van der Waals surface area contributed by atoms with E-state index in [9.17, 15) is 22.0 Å². The van der Waals surface area contributed by atoms with E-state index in [-0.39, 0.29) is 0 Å². The van der Waals surface area contributed by atoms with Crippen molar-refractivity contribution in [1.82, 2.24) is 0 Å². The second kappa shape index (κ2) is 4.51. The highest BCUT2D eigenvalue weighted by atomic mass is 32.2. The highest BCUT2D eigenvalue weighted by Gasteiger charge is 2.26. The molecule has 0 radical (unpaired) electrons. The molecule has 0 amide bonds. The lowest BCUT2D eigenvalue weighted by Gasteiger charge is -2.05. The van der Waals surface area contributed by atoms with Crippen molar-refractivity contribution >= 4 is 15.8 Å². The van der Waals surface area contributed by atoms with Crippen molar-refractivity contribution in [3.63, 3.8) is 0 Å². The first-order valence-electron chi connectivity index (χ1n) is 4.18. The molecule has 0 heterocycles. The fourth-order valence-electron chi connectivity index (χ4n) is 1.16. The van der Waals surface area contributed by atoms with Crippen LogP contribution in [0.3, 0.4) is 0 Å². The van der Waals surface area contributed by atoms with Crippen LogP contribution in [0.2, 0.25) is 0 Å². The molecule has 0 unspecified atom stereocenters. The van der Waals surface area contributed by atoms with Crippen LogP contribution in [-0.2, 0) is 9.84 Å². The van der Waals surface area contributed by atoms with Gasteiger partial charge in [0, 0.05) is 0 Å². The number of hydrogen-bond acceptors (Lipinski definition) is 3. The summed E-state index contributed by atoms with van der Waals surface area (Å²) in [4.78, 5) is 9.64. The minimum Gasteiger partial charge on any atom is -0.477 e. The number of carboxylic acids is 1. The minimum absolute atomic E-state index is 0.565. The number of carboxylic acid groups (broad SMARTS) is 1. The zero-order valence-electron chi connectivity index (χ0n) is 8.28. The third kappa shape index (κ3) is 2.42. The molecule has 0 bridgehead atoms. The zero-order chi connectivity index (χ0) is 13.2. The summed E-state index contributed by atoms with van der Waals surface area (Å²) in [6, 6.07) is 1.21. The van der Waals surface area contributed by atoms with Gasteiger partial charge < -0.3 is 5.11 Å². The summed E-state index contributed by atoms with van der Waals surface area (Å²) in [6.07, 6.45) is 4.79. The van der Waals surface area contributed by atoms with Gasteiger partial charge in [0.2, 0.25) is 0 Å². The molecule has 0 saturated carbocycles. The number of terminal acetylenes is 1. The van der Waals surface area contributed by atoms with Gasteiger partial charge in [-0.2, -0.15) is 0 Å². The fourth-order valence-corrected chi connectivity index (χ4v) is 2.18. The molecule has 7 heteroatoms. The first kappa shape index (κ1) is 13.1. The largest absolute Gasteiger partial charge is 0.477 e. The average Bonchev–Trinajstić information content (AvgIpc) is 2.15. The topological polar surface area (TPSA) is 71.4 Å². The monoisotopic (exact) mass is 260 g/mol. The van der Waals surface area contributed by atoms with Gasteiger partial charge in [-0.25, -0.2) is 22.0 Å². The predicted octanol–water partition coefficient (Wildman–Crippen LogP) is 1.07. The molecule has 17 heavy (non-hydrogen) atoms. The second-order valence-electron chi connectivity index (χ2n) is 3.00. The molecule has 0 saturated heterocycles. The molecular weight excluding hydrogens is 254 g/mol. The highest BCUT2D eigenvalue weighted by molar-refractivity contribution is 7.91. The Kier molecular flexibility index (Phi) is 3.48. The summed E-state index contributed by atoms with van der Waals surface area (Å²) in [5.74, 6) is -3.88. The first-order chi connectivity index (χ1) is 7.81. The Morgan fingerprint density at radius 3 is 2.47 bits per heavy atom. The van der Waals surface area contributed by atoms with Crippen molar-refractivity contribution in [3.8, 4) is 12.3 Å². The van der Waals surface area contributed by atoms with Crippen molar-refractivity contribution in [3.05, 3.63) is 29.3 Å². The number of rotatable bonds is 3. The van der Waals surface area contributed by atoms with Crippen LogP contribution in [0.25, 0.3) is 0 Å². The van der Waals surface area contributed by atoms with Gasteiger partial charge in [-0.1, -0.05) is 5.92 Å². The molecule has 0 aliphatic heterocycles. The number of halogens is 2. The first-order valence-corrected chi connectivity index (χ1v) is 5.84. The molecule has 0 aromatic heterocycles. The average molecular weight is 260 g/mol. The third-order valence-electron chi connectivity index (χ3n) is 1.88. The minimum atomic E-state index is -4.15. The van der Waals surface area contributed by atoms with E-state index in [0.29, 0.717) is 12.1 Å². The van der Waals surface area contributed by atoms with Gasteiger partial charge >= 0.3 is 5.97 Å². The van der Waals surface area contributed by atoms with E-state index >= 15 is 0 Å². The van der Waals surface area contributed by atoms with E-state index in [2.05, 4.69) is 0 Å². The van der Waals surface area contributed by atoms with Crippen molar-refractivity contribution < 1.29 is 27.1 Å². The third-order valence-corrected chi connectivity index (χ3v) is 3.41. The van der Waals surface area contributed by atoms with Crippen molar-refractivity contribution in [2.24, 2.45) is 0 Å². The van der Waals surface area contributed by atoms with E-state index in [1.54, 1.807) is 5.92 Å². The summed E-state index contributed by atoms with van der Waals surface area (Å²) in [6.45, 7) is 0. The Labute approximate surface area is 95.8 Å². The van der Waals surface area contributed by atoms with E-state index in [1.807, 2.05) is 0 Å². The molecule has 1 aromatic rings. The molecule has 0 fully saturated rings. The summed E-state index contributed by atoms with van der Waals surface area (Å²) in [5, 5.41) is 8.55. The van der Waals surface area contributed by atoms with E-state index in [4.69, 9.17) is 11.5 Å². The molecule has 1 rings (SSSR count). The molecule has 0 aliphatic carbocycles. The lowest BCUT2D eigenvalue weighted by Crippen LogP contribution is -2.13. The van der Waals surface area contributed by atoms with Gasteiger partial charge in [0.15, 0.2) is 15.7 Å². The summed E-state index contributed by atoms with van der Waals surface area (Å²) in [5.41, 5.74) is -1.32. The molecule has 4 nitrogen and oxygen atoms in total.